The molecular formula is C39H33ClN8O3S. The average Bonchev–Trinajstić information content (AvgIpc) is 3.88. The number of hydrogen-bond acceptors (Lipinski definition) is 8. The molecule has 0 bridgehead atoms. The van der Waals surface area contributed by atoms with E-state index in [1.54, 1.807) is 28.5 Å². The number of allylic oxidation sites excluding steroid dienone is 1. The van der Waals surface area contributed by atoms with Crippen molar-refractivity contribution >= 4 is 52.4 Å². The van der Waals surface area contributed by atoms with E-state index in [9.17, 15) is 14.4 Å². The lowest BCUT2D eigenvalue weighted by atomic mass is 10.00. The van der Waals surface area contributed by atoms with E-state index in [1.165, 1.54) is 0 Å². The van der Waals surface area contributed by atoms with Crippen LogP contribution in [0.15, 0.2) is 65.9 Å². The molecule has 3 aliphatic heterocycles. The molecule has 8 rings (SSSR count). The van der Waals surface area contributed by atoms with Gasteiger partial charge in [0.15, 0.2) is 5.82 Å². The summed E-state index contributed by atoms with van der Waals surface area (Å²) in [6.45, 7) is 5.54. The number of carbonyl (C=O) groups excluding carboxylic acids is 3. The summed E-state index contributed by atoms with van der Waals surface area (Å²) in [7, 11) is 0. The maximum Gasteiger partial charge on any atom is 0.255 e. The number of imide groups is 1. The van der Waals surface area contributed by atoms with Crippen LogP contribution in [0.2, 0.25) is 5.02 Å². The van der Waals surface area contributed by atoms with Gasteiger partial charge in [-0.2, -0.15) is 5.10 Å². The topological polar surface area (TPSA) is 127 Å². The third-order valence-electron chi connectivity index (χ3n) is 9.58. The first-order valence-corrected chi connectivity index (χ1v) is 18.3. The summed E-state index contributed by atoms with van der Waals surface area (Å²) in [5, 5.41) is 17.3. The van der Waals surface area contributed by atoms with Crippen molar-refractivity contribution in [2.45, 2.75) is 65.2 Å². The standard InChI is InChI=1S/C39H33ClN8O3S/c1-23-32(52-39-35(23)36(27-11-13-28(40)14-12-27)41-20-33-45-44-24(2)48(33)39)16-10-25-19-42-46(21-25)18-5-3-4-7-26-8-6-9-29-30(26)22-47(38(29)51)31-15-17-34(49)43-37(31)50/h4,6-9,11-14,19,21,31H,3,5,15,17-18,20,22H2,1-2H3,(H,43,49,50)/b7-4+. The summed E-state index contributed by atoms with van der Waals surface area (Å²) in [5.74, 6) is 7.45. The monoisotopic (exact) mass is 728 g/mol. The largest absolute Gasteiger partial charge is 0.322 e. The van der Waals surface area contributed by atoms with Crippen LogP contribution < -0.4 is 5.32 Å². The van der Waals surface area contributed by atoms with Crippen LogP contribution >= 0.6 is 22.9 Å². The smallest absolute Gasteiger partial charge is 0.255 e. The fourth-order valence-corrected chi connectivity index (χ4v) is 8.28. The number of carbonyl (C=O) groups is 3. The van der Waals surface area contributed by atoms with Gasteiger partial charge in [0.1, 0.15) is 23.4 Å². The number of aromatic nitrogens is 5. The normalized spacial score (nSPS) is 16.6. The molecule has 2 aromatic carbocycles. The van der Waals surface area contributed by atoms with E-state index in [-0.39, 0.29) is 18.2 Å². The van der Waals surface area contributed by atoms with E-state index in [0.717, 1.165) is 80.0 Å². The van der Waals surface area contributed by atoms with Gasteiger partial charge in [-0.15, -0.1) is 21.5 Å². The molecule has 3 aliphatic rings. The number of unbranched alkanes of at least 4 members (excludes halogenated alkanes) is 1. The van der Waals surface area contributed by atoms with Crippen molar-refractivity contribution in [1.82, 2.24) is 34.8 Å². The first-order valence-electron chi connectivity index (χ1n) is 17.1. The van der Waals surface area contributed by atoms with E-state index in [2.05, 4.69) is 50.0 Å². The number of aliphatic imine (C=N–C) groups is 1. The second kappa shape index (κ2) is 13.8. The molecule has 1 unspecified atom stereocenters. The zero-order chi connectivity index (χ0) is 35.9. The molecule has 260 valence electrons. The summed E-state index contributed by atoms with van der Waals surface area (Å²) in [5.41, 5.74) is 7.26. The van der Waals surface area contributed by atoms with Gasteiger partial charge < -0.3 is 4.90 Å². The summed E-state index contributed by atoms with van der Waals surface area (Å²) < 4.78 is 3.99. The summed E-state index contributed by atoms with van der Waals surface area (Å²) in [6, 6.07) is 12.8. The Morgan fingerprint density at radius 2 is 1.92 bits per heavy atom. The van der Waals surface area contributed by atoms with E-state index in [1.807, 2.05) is 60.3 Å². The number of amides is 3. The van der Waals surface area contributed by atoms with Crippen molar-refractivity contribution in [3.05, 3.63) is 121 Å². The molecule has 6 heterocycles. The van der Waals surface area contributed by atoms with Gasteiger partial charge in [0, 0.05) is 47.4 Å². The van der Waals surface area contributed by atoms with Gasteiger partial charge in [-0.1, -0.05) is 59.9 Å². The minimum atomic E-state index is -0.628. The Bertz CT molecular complexity index is 2390. The number of nitrogens with one attached hydrogen (secondary N) is 1. The molecule has 13 heteroatoms. The molecule has 11 nitrogen and oxygen atoms in total. The van der Waals surface area contributed by atoms with Gasteiger partial charge in [-0.25, -0.2) is 0 Å². The average molecular weight is 729 g/mol. The van der Waals surface area contributed by atoms with Crippen LogP contribution in [0.25, 0.3) is 11.1 Å². The Morgan fingerprint density at radius 1 is 1.08 bits per heavy atom. The number of piperidine rings is 1. The number of benzene rings is 2. The highest BCUT2D eigenvalue weighted by Crippen LogP contribution is 2.37. The second-order valence-electron chi connectivity index (χ2n) is 13.0. The molecule has 0 radical (unpaired) electrons. The van der Waals surface area contributed by atoms with Gasteiger partial charge in [0.05, 0.1) is 22.3 Å². The number of nitrogens with zero attached hydrogens (tertiary/aromatic N) is 7. The van der Waals surface area contributed by atoms with Gasteiger partial charge in [-0.05, 0) is 68.0 Å². The molecule has 0 spiro atoms. The molecule has 0 saturated carbocycles. The van der Waals surface area contributed by atoms with Crippen molar-refractivity contribution in [3.63, 3.8) is 0 Å². The van der Waals surface area contributed by atoms with E-state index in [0.29, 0.717) is 30.1 Å². The zero-order valence-electron chi connectivity index (χ0n) is 28.5. The van der Waals surface area contributed by atoms with E-state index >= 15 is 0 Å². The lowest BCUT2D eigenvalue weighted by Gasteiger charge is -2.29. The highest BCUT2D eigenvalue weighted by Gasteiger charge is 2.39. The van der Waals surface area contributed by atoms with Gasteiger partial charge in [0.25, 0.3) is 5.91 Å². The molecule has 3 amide bonds. The van der Waals surface area contributed by atoms with Crippen LogP contribution in [0, 0.1) is 25.7 Å². The number of hydrogen-bond donors (Lipinski definition) is 1. The lowest BCUT2D eigenvalue weighted by Crippen LogP contribution is -2.52. The Balaban J connectivity index is 0.932. The molecule has 1 fully saturated rings. The molecule has 1 atom stereocenters. The number of rotatable bonds is 7. The van der Waals surface area contributed by atoms with Crippen LogP contribution in [0.3, 0.4) is 0 Å². The van der Waals surface area contributed by atoms with Gasteiger partial charge in [0.2, 0.25) is 11.8 Å². The highest BCUT2D eigenvalue weighted by atomic mass is 35.5. The van der Waals surface area contributed by atoms with Gasteiger partial charge in [-0.3, -0.25) is 33.9 Å². The first-order chi connectivity index (χ1) is 25.2. The Labute approximate surface area is 309 Å². The quantitative estimate of drug-likeness (QED) is 0.128. The fourth-order valence-electron chi connectivity index (χ4n) is 6.93. The third kappa shape index (κ3) is 6.27. The predicted octanol–water partition coefficient (Wildman–Crippen LogP) is 5.80. The maximum atomic E-state index is 13.1. The van der Waals surface area contributed by atoms with Crippen LogP contribution in [0.4, 0.5) is 0 Å². The number of aryl methyl sites for hydroxylation is 2. The molecule has 1 saturated heterocycles. The molecule has 1 N–H and O–H groups in total. The predicted molar refractivity (Wildman–Crippen MR) is 198 cm³/mol. The van der Waals surface area contributed by atoms with Crippen molar-refractivity contribution in [1.29, 1.82) is 0 Å². The Kier molecular flexibility index (Phi) is 8.90. The van der Waals surface area contributed by atoms with Crippen LogP contribution in [0.5, 0.6) is 0 Å². The Morgan fingerprint density at radius 3 is 2.75 bits per heavy atom. The Hall–Kier alpha value is -5.64. The third-order valence-corrected chi connectivity index (χ3v) is 11.0. The van der Waals surface area contributed by atoms with E-state index < -0.39 is 11.9 Å². The molecular weight excluding hydrogens is 696 g/mol. The van der Waals surface area contributed by atoms with Crippen molar-refractivity contribution in [3.8, 4) is 16.8 Å². The summed E-state index contributed by atoms with van der Waals surface area (Å²) in [4.78, 5) is 44.7. The SMILES string of the molecule is Cc1c(C#Cc2cnn(CCC/C=C/c3cccc4c3CN(C3CCC(=O)NC3=O)C4=O)c2)sc2c1C(c1ccc(Cl)cc1)=NCc1nnc(C)n1-2. The maximum absolute atomic E-state index is 13.1. The number of halogens is 1. The number of fused-ring (bicyclic) bond motifs is 4. The number of thiophene rings is 1. The highest BCUT2D eigenvalue weighted by molar-refractivity contribution is 7.15. The molecule has 3 aromatic heterocycles. The lowest BCUT2D eigenvalue weighted by molar-refractivity contribution is -0.136. The van der Waals surface area contributed by atoms with Crippen molar-refractivity contribution < 1.29 is 14.4 Å². The second-order valence-corrected chi connectivity index (χ2v) is 14.4. The fraction of sp³-hybridized carbons (Fsp3) is 0.256. The minimum absolute atomic E-state index is 0.169. The van der Waals surface area contributed by atoms with Crippen LogP contribution in [-0.4, -0.2) is 58.9 Å². The van der Waals surface area contributed by atoms with Crippen LogP contribution in [0.1, 0.15) is 85.9 Å². The van der Waals surface area contributed by atoms with Crippen LogP contribution in [-0.2, 0) is 29.2 Å². The summed E-state index contributed by atoms with van der Waals surface area (Å²) >= 11 is 7.81. The van der Waals surface area contributed by atoms with Crippen molar-refractivity contribution in [2.75, 3.05) is 0 Å². The van der Waals surface area contributed by atoms with E-state index in [4.69, 9.17) is 16.6 Å². The molecule has 52 heavy (non-hydrogen) atoms. The van der Waals surface area contributed by atoms with Gasteiger partial charge >= 0.3 is 0 Å². The molecule has 0 aliphatic carbocycles. The summed E-state index contributed by atoms with van der Waals surface area (Å²) in [6.07, 6.45) is 10.2. The molecule has 5 aromatic rings. The van der Waals surface area contributed by atoms with Crippen molar-refractivity contribution in [2.24, 2.45) is 4.99 Å². The zero-order valence-corrected chi connectivity index (χ0v) is 30.1. The minimum Gasteiger partial charge on any atom is -0.322 e. The first kappa shape index (κ1) is 33.5.